The smallest absolute Gasteiger partial charge is 0.255 e. The van der Waals surface area contributed by atoms with Crippen molar-refractivity contribution in [2.75, 3.05) is 36.5 Å². The summed E-state index contributed by atoms with van der Waals surface area (Å²) in [6.07, 6.45) is 0. The minimum absolute atomic E-state index is 0.117. The zero-order valence-corrected chi connectivity index (χ0v) is 13.0. The van der Waals surface area contributed by atoms with Crippen LogP contribution in [-0.2, 0) is 4.74 Å². The summed E-state index contributed by atoms with van der Waals surface area (Å²) < 4.78 is 19.4. The lowest BCUT2D eigenvalue weighted by atomic mass is 10.1. The van der Waals surface area contributed by atoms with Gasteiger partial charge >= 0.3 is 0 Å². The Balaban J connectivity index is 1.81. The van der Waals surface area contributed by atoms with Gasteiger partial charge in [0.25, 0.3) is 5.91 Å². The maximum atomic E-state index is 14.0. The van der Waals surface area contributed by atoms with E-state index in [1.54, 1.807) is 30.3 Å². The van der Waals surface area contributed by atoms with Gasteiger partial charge in [-0.1, -0.05) is 6.07 Å². The van der Waals surface area contributed by atoms with E-state index < -0.39 is 11.7 Å². The number of nitrogens with zero attached hydrogens (tertiary/aromatic N) is 2. The number of halogens is 1. The molecule has 0 aromatic heterocycles. The second kappa shape index (κ2) is 7.11. The van der Waals surface area contributed by atoms with Crippen LogP contribution in [0.25, 0.3) is 0 Å². The SMILES string of the molecule is N#Cc1cccc(C(=O)Nc2cc(N3CCOCC3)ccc2F)c1. The van der Waals surface area contributed by atoms with Gasteiger partial charge in [0.05, 0.1) is 30.5 Å². The molecule has 1 aliphatic heterocycles. The van der Waals surface area contributed by atoms with E-state index in [2.05, 4.69) is 10.2 Å². The van der Waals surface area contributed by atoms with E-state index in [0.717, 1.165) is 18.8 Å². The summed E-state index contributed by atoms with van der Waals surface area (Å²) in [5.74, 6) is -0.957. The highest BCUT2D eigenvalue weighted by molar-refractivity contribution is 6.04. The highest BCUT2D eigenvalue weighted by Gasteiger charge is 2.15. The molecule has 3 rings (SSSR count). The molecule has 5 nitrogen and oxygen atoms in total. The molecule has 0 radical (unpaired) electrons. The number of rotatable bonds is 3. The molecule has 1 saturated heterocycles. The molecular weight excluding hydrogens is 309 g/mol. The van der Waals surface area contributed by atoms with E-state index >= 15 is 0 Å². The molecule has 0 saturated carbocycles. The Kier molecular flexibility index (Phi) is 4.73. The predicted octanol–water partition coefficient (Wildman–Crippen LogP) is 2.79. The van der Waals surface area contributed by atoms with Crippen molar-refractivity contribution in [1.82, 2.24) is 0 Å². The second-order valence-corrected chi connectivity index (χ2v) is 5.41. The first-order valence-electron chi connectivity index (χ1n) is 7.61. The molecule has 1 N–H and O–H groups in total. The maximum Gasteiger partial charge on any atom is 0.255 e. The first-order chi connectivity index (χ1) is 11.7. The van der Waals surface area contributed by atoms with Gasteiger partial charge in [-0.05, 0) is 36.4 Å². The minimum atomic E-state index is -0.503. The lowest BCUT2D eigenvalue weighted by Gasteiger charge is -2.29. The van der Waals surface area contributed by atoms with Crippen LogP contribution in [0, 0.1) is 17.1 Å². The third-order valence-electron chi connectivity index (χ3n) is 3.83. The van der Waals surface area contributed by atoms with Gasteiger partial charge in [0.15, 0.2) is 0 Å². The Hall–Kier alpha value is -2.91. The van der Waals surface area contributed by atoms with Crippen LogP contribution in [0.4, 0.5) is 15.8 Å². The highest BCUT2D eigenvalue weighted by Crippen LogP contribution is 2.24. The fourth-order valence-corrected chi connectivity index (χ4v) is 2.55. The van der Waals surface area contributed by atoms with Gasteiger partial charge in [-0.2, -0.15) is 5.26 Å². The van der Waals surface area contributed by atoms with Crippen LogP contribution in [0.3, 0.4) is 0 Å². The lowest BCUT2D eigenvalue weighted by molar-refractivity contribution is 0.102. The number of benzene rings is 2. The first-order valence-corrected chi connectivity index (χ1v) is 7.61. The molecule has 0 unspecified atom stereocenters. The van der Waals surface area contributed by atoms with E-state index in [4.69, 9.17) is 10.00 Å². The molecule has 2 aromatic rings. The number of nitrogens with one attached hydrogen (secondary N) is 1. The van der Waals surface area contributed by atoms with Crippen LogP contribution in [0.15, 0.2) is 42.5 Å². The zero-order valence-electron chi connectivity index (χ0n) is 13.0. The number of morpholine rings is 1. The monoisotopic (exact) mass is 325 g/mol. The van der Waals surface area contributed by atoms with E-state index in [9.17, 15) is 9.18 Å². The summed E-state index contributed by atoms with van der Waals surface area (Å²) in [5, 5.41) is 11.5. The molecular formula is C18H16FN3O2. The number of carbonyl (C=O) groups excluding carboxylic acids is 1. The minimum Gasteiger partial charge on any atom is -0.378 e. The standard InChI is InChI=1S/C18H16FN3O2/c19-16-5-4-15(22-6-8-24-9-7-22)11-17(16)21-18(23)14-3-1-2-13(10-14)12-20/h1-5,10-11H,6-9H2,(H,21,23). The Bertz CT molecular complexity index is 795. The van der Waals surface area contributed by atoms with Crippen LogP contribution in [0.2, 0.25) is 0 Å². The summed E-state index contributed by atoms with van der Waals surface area (Å²) in [6.45, 7) is 2.70. The van der Waals surface area contributed by atoms with Crippen molar-refractivity contribution in [3.05, 3.63) is 59.4 Å². The molecule has 0 aliphatic carbocycles. The molecule has 1 heterocycles. The van der Waals surface area contributed by atoms with Gasteiger partial charge in [-0.3, -0.25) is 4.79 Å². The third-order valence-corrected chi connectivity index (χ3v) is 3.83. The van der Waals surface area contributed by atoms with Crippen LogP contribution in [0.5, 0.6) is 0 Å². The summed E-state index contributed by atoms with van der Waals surface area (Å²) in [6, 6.07) is 12.9. The number of amides is 1. The van der Waals surface area contributed by atoms with Gasteiger partial charge in [-0.15, -0.1) is 0 Å². The summed E-state index contributed by atoms with van der Waals surface area (Å²) in [5.41, 5.74) is 1.64. The van der Waals surface area contributed by atoms with Gasteiger partial charge in [0, 0.05) is 24.3 Å². The van der Waals surface area contributed by atoms with Gasteiger partial charge < -0.3 is 15.0 Å². The van der Waals surface area contributed by atoms with Gasteiger partial charge in [0.1, 0.15) is 5.82 Å². The van der Waals surface area contributed by atoms with E-state index in [1.807, 2.05) is 6.07 Å². The van der Waals surface area contributed by atoms with Crippen LogP contribution < -0.4 is 10.2 Å². The maximum absolute atomic E-state index is 14.0. The van der Waals surface area contributed by atoms with E-state index in [0.29, 0.717) is 24.3 Å². The summed E-state index contributed by atoms with van der Waals surface area (Å²) >= 11 is 0. The lowest BCUT2D eigenvalue weighted by Crippen LogP contribution is -2.36. The van der Waals surface area contributed by atoms with Crippen LogP contribution in [-0.4, -0.2) is 32.2 Å². The highest BCUT2D eigenvalue weighted by atomic mass is 19.1. The molecule has 122 valence electrons. The number of hydrogen-bond donors (Lipinski definition) is 1. The Morgan fingerprint density at radius 1 is 1.21 bits per heavy atom. The first kappa shape index (κ1) is 16.0. The Morgan fingerprint density at radius 3 is 2.75 bits per heavy atom. The molecule has 1 fully saturated rings. The van der Waals surface area contributed by atoms with Crippen molar-refractivity contribution < 1.29 is 13.9 Å². The number of nitriles is 1. The third kappa shape index (κ3) is 3.53. The van der Waals surface area contributed by atoms with Gasteiger partial charge in [0.2, 0.25) is 0 Å². The van der Waals surface area contributed by atoms with E-state index in [1.165, 1.54) is 12.1 Å². The molecule has 1 amide bonds. The quantitative estimate of drug-likeness (QED) is 0.942. The molecule has 24 heavy (non-hydrogen) atoms. The molecule has 0 bridgehead atoms. The largest absolute Gasteiger partial charge is 0.378 e. The average molecular weight is 325 g/mol. The molecule has 6 heteroatoms. The van der Waals surface area contributed by atoms with Crippen LogP contribution >= 0.6 is 0 Å². The molecule has 1 aliphatic rings. The number of ether oxygens (including phenoxy) is 1. The van der Waals surface area contributed by atoms with Crippen molar-refractivity contribution >= 4 is 17.3 Å². The van der Waals surface area contributed by atoms with E-state index in [-0.39, 0.29) is 5.69 Å². The number of anilines is 2. The summed E-state index contributed by atoms with van der Waals surface area (Å²) in [7, 11) is 0. The number of carbonyl (C=O) groups is 1. The van der Waals surface area contributed by atoms with Crippen molar-refractivity contribution in [3.63, 3.8) is 0 Å². The van der Waals surface area contributed by atoms with Crippen molar-refractivity contribution in [2.45, 2.75) is 0 Å². The summed E-state index contributed by atoms with van der Waals surface area (Å²) in [4.78, 5) is 14.4. The van der Waals surface area contributed by atoms with Gasteiger partial charge in [-0.25, -0.2) is 4.39 Å². The average Bonchev–Trinajstić information content (AvgIpc) is 2.64. The fraction of sp³-hybridized carbons (Fsp3) is 0.222. The Morgan fingerprint density at radius 2 is 2.00 bits per heavy atom. The molecule has 2 aromatic carbocycles. The number of hydrogen-bond acceptors (Lipinski definition) is 4. The topological polar surface area (TPSA) is 65.4 Å². The van der Waals surface area contributed by atoms with Crippen molar-refractivity contribution in [1.29, 1.82) is 5.26 Å². The Labute approximate surface area is 139 Å². The molecule has 0 atom stereocenters. The fourth-order valence-electron chi connectivity index (χ4n) is 2.55. The van der Waals surface area contributed by atoms with Crippen LogP contribution in [0.1, 0.15) is 15.9 Å². The predicted molar refractivity (Wildman–Crippen MR) is 88.5 cm³/mol. The van der Waals surface area contributed by atoms with Crippen molar-refractivity contribution in [2.24, 2.45) is 0 Å². The van der Waals surface area contributed by atoms with Crippen molar-refractivity contribution in [3.8, 4) is 6.07 Å². The second-order valence-electron chi connectivity index (χ2n) is 5.41. The molecule has 0 spiro atoms. The zero-order chi connectivity index (χ0) is 16.9. The normalized spacial score (nSPS) is 14.1.